The maximum absolute atomic E-state index is 2.33. The minimum absolute atomic E-state index is 1.13. The highest BCUT2D eigenvalue weighted by molar-refractivity contribution is 5.81. The molecule has 0 N–H and O–H groups in total. The van der Waals surface area contributed by atoms with E-state index in [1.165, 1.54) is 33.6 Å². The summed E-state index contributed by atoms with van der Waals surface area (Å²) in [4.78, 5) is 4.65. The van der Waals surface area contributed by atoms with Crippen molar-refractivity contribution in [3.8, 4) is 0 Å². The summed E-state index contributed by atoms with van der Waals surface area (Å²) in [5.41, 5.74) is 11.9. The Kier molecular flexibility index (Phi) is 6.60. The molecule has 5 aromatic rings. The lowest BCUT2D eigenvalue weighted by Crippen LogP contribution is -2.12. The average molecular weight is 469 g/mol. The summed E-state index contributed by atoms with van der Waals surface area (Å²) in [5, 5.41) is 0. The van der Waals surface area contributed by atoms with Gasteiger partial charge in [-0.25, -0.2) is 0 Å². The van der Waals surface area contributed by atoms with Crippen molar-refractivity contribution in [3.63, 3.8) is 0 Å². The van der Waals surface area contributed by atoms with Crippen molar-refractivity contribution in [2.75, 3.05) is 9.80 Å². The first-order valence-corrected chi connectivity index (χ1v) is 12.4. The van der Waals surface area contributed by atoms with E-state index in [9.17, 15) is 0 Å². The van der Waals surface area contributed by atoms with Gasteiger partial charge in [-0.2, -0.15) is 0 Å². The van der Waals surface area contributed by atoms with Gasteiger partial charge in [0.05, 0.1) is 0 Å². The van der Waals surface area contributed by atoms with E-state index in [0.29, 0.717) is 0 Å². The predicted octanol–water partition coefficient (Wildman–Crippen LogP) is 9.86. The van der Waals surface area contributed by atoms with Gasteiger partial charge in [0.2, 0.25) is 0 Å². The topological polar surface area (TPSA) is 6.48 Å². The van der Waals surface area contributed by atoms with Crippen LogP contribution in [-0.4, -0.2) is 0 Å². The molecule has 2 heteroatoms. The molecule has 0 atom stereocenters. The van der Waals surface area contributed by atoms with Crippen LogP contribution in [0.3, 0.4) is 0 Å². The van der Waals surface area contributed by atoms with Crippen LogP contribution in [0.15, 0.2) is 121 Å². The van der Waals surface area contributed by atoms with Gasteiger partial charge in [0.1, 0.15) is 0 Å². The molecule has 5 aromatic carbocycles. The van der Waals surface area contributed by atoms with E-state index < -0.39 is 0 Å². The SMILES string of the molecule is Cc1cc(C)cc(N(c2ccccc2)c2ccc(N(c3ccccc3)c3cc(C)cc(C)c3)cc2)c1. The smallest absolute Gasteiger partial charge is 0.0466 e. The molecule has 0 aliphatic heterocycles. The number of para-hydroxylation sites is 2. The second-order valence-electron chi connectivity index (χ2n) is 9.55. The first-order chi connectivity index (χ1) is 17.5. The lowest BCUT2D eigenvalue weighted by molar-refractivity contribution is 1.23. The van der Waals surface area contributed by atoms with E-state index in [2.05, 4.69) is 159 Å². The fourth-order valence-electron chi connectivity index (χ4n) is 4.96. The van der Waals surface area contributed by atoms with Crippen molar-refractivity contribution < 1.29 is 0 Å². The van der Waals surface area contributed by atoms with Crippen LogP contribution < -0.4 is 9.80 Å². The predicted molar refractivity (Wildman–Crippen MR) is 155 cm³/mol. The number of anilines is 6. The zero-order valence-corrected chi connectivity index (χ0v) is 21.4. The molecule has 178 valence electrons. The Morgan fingerprint density at radius 2 is 0.583 bits per heavy atom. The number of benzene rings is 5. The van der Waals surface area contributed by atoms with Crippen LogP contribution in [0.2, 0.25) is 0 Å². The third-order valence-corrected chi connectivity index (χ3v) is 6.32. The zero-order valence-electron chi connectivity index (χ0n) is 21.4. The molecule has 36 heavy (non-hydrogen) atoms. The Hall–Kier alpha value is -4.30. The number of aryl methyl sites for hydroxylation is 4. The van der Waals surface area contributed by atoms with Gasteiger partial charge in [-0.15, -0.1) is 0 Å². The quantitative estimate of drug-likeness (QED) is 0.245. The van der Waals surface area contributed by atoms with Crippen LogP contribution >= 0.6 is 0 Å². The summed E-state index contributed by atoms with van der Waals surface area (Å²) in [6.07, 6.45) is 0. The molecule has 0 saturated carbocycles. The molecule has 0 radical (unpaired) electrons. The summed E-state index contributed by atoms with van der Waals surface area (Å²) in [5.74, 6) is 0. The Balaban J connectivity index is 1.61. The molecular formula is C34H32N2. The van der Waals surface area contributed by atoms with Crippen molar-refractivity contribution in [1.82, 2.24) is 0 Å². The van der Waals surface area contributed by atoms with Gasteiger partial charge in [-0.1, -0.05) is 48.5 Å². The monoisotopic (exact) mass is 468 g/mol. The molecule has 0 aromatic heterocycles. The fourth-order valence-corrected chi connectivity index (χ4v) is 4.96. The maximum atomic E-state index is 2.33. The molecule has 0 amide bonds. The van der Waals surface area contributed by atoms with E-state index >= 15 is 0 Å². The normalized spacial score (nSPS) is 10.8. The Morgan fingerprint density at radius 1 is 0.306 bits per heavy atom. The molecule has 0 unspecified atom stereocenters. The van der Waals surface area contributed by atoms with E-state index in [-0.39, 0.29) is 0 Å². The van der Waals surface area contributed by atoms with Gasteiger partial charge < -0.3 is 9.80 Å². The minimum atomic E-state index is 1.13. The van der Waals surface area contributed by atoms with E-state index in [1.54, 1.807) is 0 Å². The van der Waals surface area contributed by atoms with Gasteiger partial charge in [-0.3, -0.25) is 0 Å². The lowest BCUT2D eigenvalue weighted by Gasteiger charge is -2.29. The van der Waals surface area contributed by atoms with Crippen molar-refractivity contribution in [1.29, 1.82) is 0 Å². The molecule has 0 bridgehead atoms. The van der Waals surface area contributed by atoms with Crippen LogP contribution in [0, 0.1) is 27.7 Å². The molecule has 0 aliphatic carbocycles. The van der Waals surface area contributed by atoms with Gasteiger partial charge >= 0.3 is 0 Å². The van der Waals surface area contributed by atoms with E-state index in [1.807, 2.05) is 0 Å². The number of nitrogens with zero attached hydrogens (tertiary/aromatic N) is 2. The Bertz CT molecular complexity index is 1300. The fraction of sp³-hybridized carbons (Fsp3) is 0.118. The van der Waals surface area contributed by atoms with Crippen molar-refractivity contribution in [2.45, 2.75) is 27.7 Å². The average Bonchev–Trinajstić information content (AvgIpc) is 2.86. The minimum Gasteiger partial charge on any atom is -0.310 e. The van der Waals surface area contributed by atoms with E-state index in [4.69, 9.17) is 0 Å². The van der Waals surface area contributed by atoms with Crippen molar-refractivity contribution >= 4 is 34.1 Å². The molecule has 0 fully saturated rings. The molecule has 0 heterocycles. The highest BCUT2D eigenvalue weighted by Gasteiger charge is 2.16. The lowest BCUT2D eigenvalue weighted by atomic mass is 10.1. The van der Waals surface area contributed by atoms with Gasteiger partial charge in [0, 0.05) is 34.1 Å². The summed E-state index contributed by atoms with van der Waals surface area (Å²) >= 11 is 0. The molecule has 0 spiro atoms. The molecular weight excluding hydrogens is 436 g/mol. The number of hydrogen-bond donors (Lipinski definition) is 0. The van der Waals surface area contributed by atoms with Crippen molar-refractivity contribution in [2.24, 2.45) is 0 Å². The summed E-state index contributed by atoms with van der Waals surface area (Å²) in [6, 6.07) is 43.5. The third kappa shape index (κ3) is 5.04. The first-order valence-electron chi connectivity index (χ1n) is 12.4. The standard InChI is InChI=1S/C34H32N2/c1-25-19-26(2)22-33(21-25)35(29-11-7-5-8-12-29)31-15-17-32(18-16-31)36(30-13-9-6-10-14-30)34-23-27(3)20-28(4)24-34/h5-24H,1-4H3. The number of rotatable bonds is 6. The Labute approximate surface area is 215 Å². The highest BCUT2D eigenvalue weighted by Crippen LogP contribution is 2.39. The summed E-state index contributed by atoms with van der Waals surface area (Å²) < 4.78 is 0. The Morgan fingerprint density at radius 3 is 0.889 bits per heavy atom. The second kappa shape index (κ2) is 10.1. The van der Waals surface area contributed by atoms with E-state index in [0.717, 1.165) is 22.7 Å². The molecule has 5 rings (SSSR count). The van der Waals surface area contributed by atoms with Crippen LogP contribution in [0.25, 0.3) is 0 Å². The first kappa shape index (κ1) is 23.4. The summed E-state index contributed by atoms with van der Waals surface area (Å²) in [6.45, 7) is 8.63. The zero-order chi connectivity index (χ0) is 25.1. The second-order valence-corrected chi connectivity index (χ2v) is 9.55. The third-order valence-electron chi connectivity index (χ3n) is 6.32. The van der Waals surface area contributed by atoms with Gasteiger partial charge in [-0.05, 0) is 123 Å². The van der Waals surface area contributed by atoms with Gasteiger partial charge in [0.15, 0.2) is 0 Å². The molecule has 2 nitrogen and oxygen atoms in total. The van der Waals surface area contributed by atoms with Gasteiger partial charge in [0.25, 0.3) is 0 Å². The highest BCUT2D eigenvalue weighted by atomic mass is 15.2. The molecule has 0 saturated heterocycles. The van der Waals surface area contributed by atoms with Crippen LogP contribution in [0.5, 0.6) is 0 Å². The largest absolute Gasteiger partial charge is 0.310 e. The van der Waals surface area contributed by atoms with Crippen LogP contribution in [0.4, 0.5) is 34.1 Å². The van der Waals surface area contributed by atoms with Crippen LogP contribution in [0.1, 0.15) is 22.3 Å². The van der Waals surface area contributed by atoms with Crippen molar-refractivity contribution in [3.05, 3.63) is 144 Å². The summed E-state index contributed by atoms with van der Waals surface area (Å²) in [7, 11) is 0. The maximum Gasteiger partial charge on any atom is 0.0466 e. The molecule has 0 aliphatic rings. The van der Waals surface area contributed by atoms with Crippen LogP contribution in [-0.2, 0) is 0 Å². The number of hydrogen-bond acceptors (Lipinski definition) is 2.